The largest absolute Gasteiger partial charge is 0.370 e. The molecule has 0 aliphatic carbocycles. The van der Waals surface area contributed by atoms with Gasteiger partial charge in [0.25, 0.3) is 0 Å². The van der Waals surface area contributed by atoms with E-state index in [1.807, 2.05) is 0 Å². The molecule has 0 spiro atoms. The van der Waals surface area contributed by atoms with Gasteiger partial charge in [-0.15, -0.1) is 0 Å². The Labute approximate surface area is 99.5 Å². The van der Waals surface area contributed by atoms with E-state index in [1.54, 1.807) is 0 Å². The molecule has 1 aliphatic heterocycles. The Bertz CT molecular complexity index is 219. The molecule has 0 bridgehead atoms. The Hall–Kier alpha value is -0.770. The number of nitrogens with zero attached hydrogens (tertiary/aromatic N) is 3. The summed E-state index contributed by atoms with van der Waals surface area (Å²) in [6, 6.07) is 0.575. The van der Waals surface area contributed by atoms with Crippen LogP contribution in [0.25, 0.3) is 0 Å². The molecule has 94 valence electrons. The highest BCUT2D eigenvalue weighted by Crippen LogP contribution is 2.07. The summed E-state index contributed by atoms with van der Waals surface area (Å²) in [6.45, 7) is 8.32. The molecule has 1 aliphatic rings. The zero-order chi connectivity index (χ0) is 12.0. The fourth-order valence-corrected chi connectivity index (χ4v) is 1.80. The number of aliphatic imine (C=N–C) groups is 1. The fraction of sp³-hybridized carbons (Fsp3) is 0.917. The van der Waals surface area contributed by atoms with Crippen molar-refractivity contribution >= 4 is 5.96 Å². The molecule has 0 aromatic heterocycles. The van der Waals surface area contributed by atoms with Crippen molar-refractivity contribution in [3.05, 3.63) is 0 Å². The molecule has 4 heteroatoms. The van der Waals surface area contributed by atoms with Crippen molar-refractivity contribution in [2.75, 3.05) is 33.2 Å². The van der Waals surface area contributed by atoms with Gasteiger partial charge >= 0.3 is 0 Å². The zero-order valence-corrected chi connectivity index (χ0v) is 10.9. The summed E-state index contributed by atoms with van der Waals surface area (Å²) in [5.74, 6) is 0.733. The average Bonchev–Trinajstić information content (AvgIpc) is 2.29. The molecule has 0 saturated carbocycles. The van der Waals surface area contributed by atoms with Gasteiger partial charge in [-0.3, -0.25) is 4.99 Å². The predicted molar refractivity (Wildman–Crippen MR) is 69.7 cm³/mol. The average molecular weight is 226 g/mol. The van der Waals surface area contributed by atoms with Crippen LogP contribution in [-0.4, -0.2) is 55.0 Å². The van der Waals surface area contributed by atoms with Crippen molar-refractivity contribution in [3.63, 3.8) is 0 Å². The van der Waals surface area contributed by atoms with E-state index in [9.17, 15) is 0 Å². The highest BCUT2D eigenvalue weighted by molar-refractivity contribution is 5.78. The number of nitrogens with two attached hydrogens (primary N) is 1. The minimum atomic E-state index is 0.575. The molecule has 1 fully saturated rings. The number of likely N-dealkylation sites (tertiary alicyclic amines) is 1. The van der Waals surface area contributed by atoms with Crippen LogP contribution < -0.4 is 5.73 Å². The first kappa shape index (κ1) is 13.3. The van der Waals surface area contributed by atoms with Gasteiger partial charge in [-0.2, -0.15) is 0 Å². The quantitative estimate of drug-likeness (QED) is 0.577. The minimum absolute atomic E-state index is 0.575. The first-order valence-corrected chi connectivity index (χ1v) is 6.36. The van der Waals surface area contributed by atoms with Crippen molar-refractivity contribution in [2.45, 2.75) is 39.2 Å². The smallest absolute Gasteiger partial charge is 0.191 e. The summed E-state index contributed by atoms with van der Waals surface area (Å²) in [4.78, 5) is 8.94. The summed E-state index contributed by atoms with van der Waals surface area (Å²) < 4.78 is 0. The number of piperidine rings is 1. The number of hydrogen-bond donors (Lipinski definition) is 1. The van der Waals surface area contributed by atoms with Crippen LogP contribution in [0.5, 0.6) is 0 Å². The molecule has 0 aromatic rings. The van der Waals surface area contributed by atoms with Crippen LogP contribution in [-0.2, 0) is 0 Å². The van der Waals surface area contributed by atoms with Crippen molar-refractivity contribution in [1.82, 2.24) is 9.80 Å². The lowest BCUT2D eigenvalue weighted by Gasteiger charge is -2.27. The summed E-state index contributed by atoms with van der Waals surface area (Å²) >= 11 is 0. The van der Waals surface area contributed by atoms with E-state index >= 15 is 0 Å². The molecule has 0 amide bonds. The van der Waals surface area contributed by atoms with Crippen molar-refractivity contribution < 1.29 is 0 Å². The zero-order valence-electron chi connectivity index (χ0n) is 10.9. The lowest BCUT2D eigenvalue weighted by Crippen LogP contribution is -2.41. The first-order valence-electron chi connectivity index (χ1n) is 6.36. The molecule has 4 nitrogen and oxygen atoms in total. The van der Waals surface area contributed by atoms with Crippen LogP contribution in [0.2, 0.25) is 0 Å². The van der Waals surface area contributed by atoms with Gasteiger partial charge in [-0.1, -0.05) is 0 Å². The standard InChI is InChI=1S/C12H26N4/c1-11(2)15(3)10-7-14-12(13)16-8-5-4-6-9-16/h11H,4-10H2,1-3H3,(H2,13,14). The normalized spacial score (nSPS) is 18.6. The summed E-state index contributed by atoms with van der Waals surface area (Å²) in [6.07, 6.45) is 3.84. The molecule has 0 aromatic carbocycles. The lowest BCUT2D eigenvalue weighted by molar-refractivity contribution is 0.280. The third kappa shape index (κ3) is 4.39. The van der Waals surface area contributed by atoms with E-state index < -0.39 is 0 Å². The van der Waals surface area contributed by atoms with Gasteiger partial charge in [-0.05, 0) is 40.2 Å². The monoisotopic (exact) mass is 226 g/mol. The van der Waals surface area contributed by atoms with E-state index in [4.69, 9.17) is 5.73 Å². The molecule has 1 rings (SSSR count). The molecule has 1 heterocycles. The van der Waals surface area contributed by atoms with E-state index in [0.717, 1.165) is 32.1 Å². The maximum atomic E-state index is 5.97. The molecule has 0 unspecified atom stereocenters. The fourth-order valence-electron chi connectivity index (χ4n) is 1.80. The Morgan fingerprint density at radius 3 is 2.50 bits per heavy atom. The first-order chi connectivity index (χ1) is 7.61. The van der Waals surface area contributed by atoms with Gasteiger partial charge in [-0.25, -0.2) is 0 Å². The Morgan fingerprint density at radius 2 is 1.94 bits per heavy atom. The van der Waals surface area contributed by atoms with Crippen LogP contribution in [0.1, 0.15) is 33.1 Å². The molecule has 0 radical (unpaired) electrons. The minimum Gasteiger partial charge on any atom is -0.370 e. The van der Waals surface area contributed by atoms with Gasteiger partial charge in [0.15, 0.2) is 5.96 Å². The van der Waals surface area contributed by atoms with Gasteiger partial charge in [0.05, 0.1) is 6.54 Å². The second-order valence-corrected chi connectivity index (χ2v) is 4.86. The summed E-state index contributed by atoms with van der Waals surface area (Å²) in [5, 5.41) is 0. The highest BCUT2D eigenvalue weighted by atomic mass is 15.3. The van der Waals surface area contributed by atoms with E-state index in [2.05, 4.69) is 35.7 Å². The van der Waals surface area contributed by atoms with Crippen LogP contribution in [0.4, 0.5) is 0 Å². The van der Waals surface area contributed by atoms with Gasteiger partial charge in [0.1, 0.15) is 0 Å². The SMILES string of the molecule is CC(C)N(C)CCN=C(N)N1CCCCC1. The van der Waals surface area contributed by atoms with Crippen molar-refractivity contribution in [3.8, 4) is 0 Å². The van der Waals surface area contributed by atoms with Crippen LogP contribution >= 0.6 is 0 Å². The maximum absolute atomic E-state index is 5.97. The van der Waals surface area contributed by atoms with Crippen LogP contribution in [0.3, 0.4) is 0 Å². The third-order valence-electron chi connectivity index (χ3n) is 3.29. The van der Waals surface area contributed by atoms with E-state index in [1.165, 1.54) is 19.3 Å². The topological polar surface area (TPSA) is 44.9 Å². The maximum Gasteiger partial charge on any atom is 0.191 e. The molecule has 16 heavy (non-hydrogen) atoms. The van der Waals surface area contributed by atoms with Crippen molar-refractivity contribution in [2.24, 2.45) is 10.7 Å². The van der Waals surface area contributed by atoms with Crippen LogP contribution in [0, 0.1) is 0 Å². The van der Waals surface area contributed by atoms with Gasteiger partial charge in [0.2, 0.25) is 0 Å². The van der Waals surface area contributed by atoms with Crippen molar-refractivity contribution in [1.29, 1.82) is 0 Å². The van der Waals surface area contributed by atoms with Crippen LogP contribution in [0.15, 0.2) is 4.99 Å². The Morgan fingerprint density at radius 1 is 1.31 bits per heavy atom. The lowest BCUT2D eigenvalue weighted by atomic mass is 10.1. The van der Waals surface area contributed by atoms with Gasteiger partial charge in [0, 0.05) is 25.7 Å². The molecular formula is C12H26N4. The number of likely N-dealkylation sites (N-methyl/N-ethyl adjacent to an activating group) is 1. The summed E-state index contributed by atoms with van der Waals surface area (Å²) in [5.41, 5.74) is 5.97. The molecular weight excluding hydrogens is 200 g/mol. The molecule has 2 N–H and O–H groups in total. The molecule has 0 atom stereocenters. The number of hydrogen-bond acceptors (Lipinski definition) is 2. The van der Waals surface area contributed by atoms with E-state index in [-0.39, 0.29) is 0 Å². The second kappa shape index (κ2) is 6.74. The Kier molecular flexibility index (Phi) is 5.60. The second-order valence-electron chi connectivity index (χ2n) is 4.86. The Balaban J connectivity index is 2.27. The predicted octanol–water partition coefficient (Wildman–Crippen LogP) is 1.13. The highest BCUT2D eigenvalue weighted by Gasteiger charge is 2.11. The van der Waals surface area contributed by atoms with E-state index in [0.29, 0.717) is 6.04 Å². The summed E-state index contributed by atoms with van der Waals surface area (Å²) in [7, 11) is 2.12. The van der Waals surface area contributed by atoms with Gasteiger partial charge < -0.3 is 15.5 Å². The number of guanidine groups is 1. The molecule has 1 saturated heterocycles. The number of rotatable bonds is 4. The third-order valence-corrected chi connectivity index (χ3v) is 3.29.